The van der Waals surface area contributed by atoms with Crippen molar-refractivity contribution in [3.05, 3.63) is 46.4 Å². The molecule has 0 aliphatic heterocycles. The SMILES string of the molecule is O=C(Nc1csc(Cl)c1)Nc1cccn2nccc12. The van der Waals surface area contributed by atoms with Gasteiger partial charge in [-0.2, -0.15) is 5.10 Å². The van der Waals surface area contributed by atoms with E-state index in [4.69, 9.17) is 11.6 Å². The summed E-state index contributed by atoms with van der Waals surface area (Å²) in [5, 5.41) is 11.4. The lowest BCUT2D eigenvalue weighted by Gasteiger charge is -2.07. The maximum atomic E-state index is 11.9. The summed E-state index contributed by atoms with van der Waals surface area (Å²) in [5.74, 6) is 0. The van der Waals surface area contributed by atoms with Crippen molar-refractivity contribution < 1.29 is 4.79 Å². The van der Waals surface area contributed by atoms with Gasteiger partial charge in [-0.1, -0.05) is 11.6 Å². The average Bonchev–Trinajstić information content (AvgIpc) is 2.98. The molecule has 2 N–H and O–H groups in total. The van der Waals surface area contributed by atoms with Crippen molar-refractivity contribution in [1.29, 1.82) is 0 Å². The number of halogens is 1. The molecule has 0 radical (unpaired) electrons. The average molecular weight is 293 g/mol. The van der Waals surface area contributed by atoms with E-state index >= 15 is 0 Å². The van der Waals surface area contributed by atoms with E-state index in [9.17, 15) is 4.79 Å². The monoisotopic (exact) mass is 292 g/mol. The molecule has 0 saturated carbocycles. The van der Waals surface area contributed by atoms with Crippen molar-refractivity contribution in [2.75, 3.05) is 10.6 Å². The molecule has 0 bridgehead atoms. The van der Waals surface area contributed by atoms with Crippen molar-refractivity contribution in [2.24, 2.45) is 0 Å². The van der Waals surface area contributed by atoms with E-state index in [0.717, 1.165) is 5.52 Å². The topological polar surface area (TPSA) is 58.4 Å². The number of pyridine rings is 1. The first kappa shape index (κ1) is 12.0. The van der Waals surface area contributed by atoms with Crippen molar-refractivity contribution in [2.45, 2.75) is 0 Å². The summed E-state index contributed by atoms with van der Waals surface area (Å²) in [7, 11) is 0. The number of carbonyl (C=O) groups is 1. The Morgan fingerprint density at radius 1 is 1.37 bits per heavy atom. The van der Waals surface area contributed by atoms with E-state index in [0.29, 0.717) is 15.7 Å². The molecule has 96 valence electrons. The molecule has 3 aromatic heterocycles. The summed E-state index contributed by atoms with van der Waals surface area (Å²) in [5.41, 5.74) is 2.20. The van der Waals surface area contributed by atoms with Gasteiger partial charge in [0, 0.05) is 11.6 Å². The Morgan fingerprint density at radius 2 is 2.26 bits per heavy atom. The van der Waals surface area contributed by atoms with E-state index in [1.54, 1.807) is 22.2 Å². The van der Waals surface area contributed by atoms with Crippen LogP contribution in [0.15, 0.2) is 42.0 Å². The molecule has 2 amide bonds. The van der Waals surface area contributed by atoms with Crippen LogP contribution in [0.4, 0.5) is 16.2 Å². The minimum atomic E-state index is -0.316. The molecule has 0 aliphatic rings. The predicted octanol–water partition coefficient (Wildman–Crippen LogP) is 3.69. The number of rotatable bonds is 2. The number of aromatic nitrogens is 2. The minimum Gasteiger partial charge on any atom is -0.307 e. The van der Waals surface area contributed by atoms with Crippen LogP contribution in [0, 0.1) is 0 Å². The molecule has 0 saturated heterocycles. The Kier molecular flexibility index (Phi) is 3.10. The zero-order valence-corrected chi connectivity index (χ0v) is 11.2. The number of amides is 2. The van der Waals surface area contributed by atoms with Crippen LogP contribution in [-0.4, -0.2) is 15.6 Å². The number of hydrogen-bond donors (Lipinski definition) is 2. The Hall–Kier alpha value is -2.05. The fourth-order valence-corrected chi connectivity index (χ4v) is 2.53. The molecule has 0 unspecified atom stereocenters. The largest absolute Gasteiger partial charge is 0.323 e. The number of fused-ring (bicyclic) bond motifs is 1. The second kappa shape index (κ2) is 4.91. The van der Waals surface area contributed by atoms with Gasteiger partial charge in [0.15, 0.2) is 0 Å². The fourth-order valence-electron chi connectivity index (χ4n) is 1.72. The highest BCUT2D eigenvalue weighted by Gasteiger charge is 2.07. The molecule has 0 fully saturated rings. The molecule has 0 spiro atoms. The zero-order valence-electron chi connectivity index (χ0n) is 9.63. The summed E-state index contributed by atoms with van der Waals surface area (Å²) >= 11 is 7.17. The minimum absolute atomic E-state index is 0.316. The van der Waals surface area contributed by atoms with E-state index in [2.05, 4.69) is 15.7 Å². The Balaban J connectivity index is 1.77. The smallest absolute Gasteiger partial charge is 0.307 e. The summed E-state index contributed by atoms with van der Waals surface area (Å²) in [6, 6.07) is 6.85. The first-order valence-corrected chi connectivity index (χ1v) is 6.72. The van der Waals surface area contributed by atoms with Gasteiger partial charge in [0.1, 0.15) is 0 Å². The molecule has 7 heteroatoms. The molecule has 0 aromatic carbocycles. The molecule has 3 heterocycles. The van der Waals surface area contributed by atoms with Crippen LogP contribution < -0.4 is 10.6 Å². The van der Waals surface area contributed by atoms with Gasteiger partial charge in [0.05, 0.1) is 27.4 Å². The fraction of sp³-hybridized carbons (Fsp3) is 0. The summed E-state index contributed by atoms with van der Waals surface area (Å²) in [6.07, 6.45) is 3.49. The first-order valence-electron chi connectivity index (χ1n) is 5.47. The molecular formula is C12H9ClN4OS. The van der Waals surface area contributed by atoms with Gasteiger partial charge < -0.3 is 10.6 Å². The normalized spacial score (nSPS) is 10.6. The highest BCUT2D eigenvalue weighted by molar-refractivity contribution is 7.14. The number of anilines is 2. The van der Waals surface area contributed by atoms with Gasteiger partial charge >= 0.3 is 6.03 Å². The number of carbonyl (C=O) groups excluding carboxylic acids is 1. The Bertz CT molecular complexity index is 736. The van der Waals surface area contributed by atoms with Crippen molar-refractivity contribution >= 4 is 45.9 Å². The van der Waals surface area contributed by atoms with Crippen molar-refractivity contribution in [3.8, 4) is 0 Å². The number of urea groups is 1. The van der Waals surface area contributed by atoms with Crippen LogP contribution in [0.1, 0.15) is 0 Å². The third kappa shape index (κ3) is 2.54. The highest BCUT2D eigenvalue weighted by atomic mass is 35.5. The number of hydrogen-bond acceptors (Lipinski definition) is 3. The Morgan fingerprint density at radius 3 is 3.05 bits per heavy atom. The van der Waals surface area contributed by atoms with Crippen LogP contribution in [0.3, 0.4) is 0 Å². The molecule has 19 heavy (non-hydrogen) atoms. The maximum Gasteiger partial charge on any atom is 0.323 e. The van der Waals surface area contributed by atoms with E-state index < -0.39 is 0 Å². The molecule has 5 nitrogen and oxygen atoms in total. The van der Waals surface area contributed by atoms with Crippen LogP contribution in [0.25, 0.3) is 5.52 Å². The molecular weight excluding hydrogens is 284 g/mol. The molecule has 0 aliphatic carbocycles. The first-order chi connectivity index (χ1) is 9.22. The van der Waals surface area contributed by atoms with E-state index in [1.807, 2.05) is 24.4 Å². The number of thiophene rings is 1. The third-order valence-corrected chi connectivity index (χ3v) is 3.60. The maximum absolute atomic E-state index is 11.9. The number of nitrogens with one attached hydrogen (secondary N) is 2. The van der Waals surface area contributed by atoms with Gasteiger partial charge in [-0.15, -0.1) is 11.3 Å². The highest BCUT2D eigenvalue weighted by Crippen LogP contribution is 2.24. The van der Waals surface area contributed by atoms with Crippen LogP contribution in [-0.2, 0) is 0 Å². The van der Waals surface area contributed by atoms with Gasteiger partial charge in [-0.3, -0.25) is 0 Å². The van der Waals surface area contributed by atoms with E-state index in [-0.39, 0.29) is 6.03 Å². The summed E-state index contributed by atoms with van der Waals surface area (Å²) in [6.45, 7) is 0. The van der Waals surface area contributed by atoms with Crippen LogP contribution in [0.5, 0.6) is 0 Å². The molecule has 3 rings (SSSR count). The molecule has 0 atom stereocenters. The van der Waals surface area contributed by atoms with Gasteiger partial charge in [0.2, 0.25) is 0 Å². The lowest BCUT2D eigenvalue weighted by Crippen LogP contribution is -2.19. The van der Waals surface area contributed by atoms with Gasteiger partial charge in [-0.05, 0) is 24.3 Å². The lowest BCUT2D eigenvalue weighted by atomic mass is 10.3. The predicted molar refractivity (Wildman–Crippen MR) is 77.2 cm³/mol. The Labute approximate surface area is 117 Å². The van der Waals surface area contributed by atoms with Crippen LogP contribution in [0.2, 0.25) is 4.34 Å². The second-order valence-corrected chi connectivity index (χ2v) is 5.34. The van der Waals surface area contributed by atoms with Crippen LogP contribution >= 0.6 is 22.9 Å². The third-order valence-electron chi connectivity index (χ3n) is 2.51. The zero-order chi connectivity index (χ0) is 13.2. The van der Waals surface area contributed by atoms with Crippen molar-refractivity contribution in [1.82, 2.24) is 9.61 Å². The van der Waals surface area contributed by atoms with Gasteiger partial charge in [0.25, 0.3) is 0 Å². The van der Waals surface area contributed by atoms with Crippen molar-refractivity contribution in [3.63, 3.8) is 0 Å². The molecule has 3 aromatic rings. The lowest BCUT2D eigenvalue weighted by molar-refractivity contribution is 0.262. The quantitative estimate of drug-likeness (QED) is 0.757. The number of nitrogens with zero attached hydrogens (tertiary/aromatic N) is 2. The van der Waals surface area contributed by atoms with E-state index in [1.165, 1.54) is 11.3 Å². The summed E-state index contributed by atoms with van der Waals surface area (Å²) < 4.78 is 2.32. The second-order valence-electron chi connectivity index (χ2n) is 3.80. The summed E-state index contributed by atoms with van der Waals surface area (Å²) in [4.78, 5) is 11.9. The standard InChI is InChI=1S/C12H9ClN4OS/c13-11-6-8(7-19-11)15-12(18)16-9-2-1-5-17-10(9)3-4-14-17/h1-7H,(H2,15,16,18). The van der Waals surface area contributed by atoms with Gasteiger partial charge in [-0.25, -0.2) is 9.31 Å².